The Kier molecular flexibility index (Phi) is 32.6. The number of pyridine rings is 2. The average Bonchev–Trinajstić information content (AvgIpc) is 1.48. The minimum atomic E-state index is -3.72. The molecule has 0 radical (unpaired) electrons. The first-order chi connectivity index (χ1) is 60.9. The Hall–Kier alpha value is -13.5. The highest BCUT2D eigenvalue weighted by Crippen LogP contribution is 2.46. The summed E-state index contributed by atoms with van der Waals surface area (Å²) < 4.78 is 52.8. The number of halogens is 1. The maximum absolute atomic E-state index is 15.6. The highest BCUT2D eigenvalue weighted by molar-refractivity contribution is 7.92. The van der Waals surface area contributed by atoms with Crippen LogP contribution in [0.3, 0.4) is 0 Å². The number of esters is 1. The van der Waals surface area contributed by atoms with E-state index >= 15 is 4.39 Å². The Bertz CT molecular complexity index is 5730. The number of sulfone groups is 1. The van der Waals surface area contributed by atoms with E-state index in [1.807, 2.05) is 0 Å². The molecule has 3 aliphatic rings. The lowest BCUT2D eigenvalue weighted by Gasteiger charge is -2.31. The predicted molar refractivity (Wildman–Crippen MR) is 468 cm³/mol. The summed E-state index contributed by atoms with van der Waals surface area (Å²) in [7, 11) is 9.28. The molecule has 1 aliphatic carbocycles. The van der Waals surface area contributed by atoms with E-state index in [0.717, 1.165) is 61.7 Å². The lowest BCUT2D eigenvalue weighted by molar-refractivity contribution is -0.172. The minimum Gasteiger partial charge on any atom is -0.458 e. The number of nitrogens with one attached hydrogen (secondary N) is 6. The molecule has 5 heterocycles. The van der Waals surface area contributed by atoms with Crippen molar-refractivity contribution in [3.8, 4) is 11.4 Å². The van der Waals surface area contributed by atoms with Crippen molar-refractivity contribution in [2.45, 2.75) is 128 Å². The summed E-state index contributed by atoms with van der Waals surface area (Å²) in [5, 5.41) is 28.2. The molecular weight excluding hydrogens is 1740 g/mol. The van der Waals surface area contributed by atoms with Crippen LogP contribution in [0.2, 0.25) is 0 Å². The van der Waals surface area contributed by atoms with Crippen LogP contribution in [0.25, 0.3) is 32.5 Å². The van der Waals surface area contributed by atoms with Crippen molar-refractivity contribution in [1.82, 2.24) is 84.8 Å². The standard InChI is InChI=1S/C85H108FN19O23S2/c1-18-85(124)55-30-61-77-53(32-105(61)81(121)54(55)44-127-82(85)122)75-58(26-24-52-46(4)56(86)31-60(91-77)74(52)75)92-83(123)128-43-49-19-21-50(22-20-49)88-78(118)47(5)87-80(120)76(45(2)3)94-63(107)28-27-59(79(119)89-51-23-25-57-62(29-51)129-84(93-57)130(17,125)126)90-64(108)33-96(8)66(110)35-98(10)68(112)37-100(12)70(114)39-102(14)72(116)41-104(16)73(117)42-103(15)71(115)40-101(13)69(113)38-99(11)67(111)36-97(9)65(109)34-95(7)48(6)106/h19-23,25,29-31,45,47,58-59,76,124H,18,24,26-28,32-44H2,1-17H3,(H,87,120)(H,88,118)(H,89,119)(H,90,108)(H,92,123)(H,94,107)/t47-,58-,59+,76-,85-/m0/s1. The normalized spacial score (nSPS) is 14.7. The van der Waals surface area contributed by atoms with Gasteiger partial charge in [-0.3, -0.25) is 76.7 Å². The first-order valence-electron chi connectivity index (χ1n) is 41.2. The number of nitrogens with zero attached hydrogens (tertiary/aromatic N) is 13. The van der Waals surface area contributed by atoms with Gasteiger partial charge in [-0.1, -0.05) is 32.9 Å². The zero-order valence-electron chi connectivity index (χ0n) is 75.2. The number of hydrogen-bond acceptors (Lipinski definition) is 26. The number of amides is 16. The molecule has 3 aromatic heterocycles. The highest BCUT2D eigenvalue weighted by Gasteiger charge is 2.47. The number of likely N-dealkylation sites (N-methyl/N-ethyl adjacent to an activating group) is 10. The van der Waals surface area contributed by atoms with Gasteiger partial charge in [0.15, 0.2) is 5.60 Å². The molecule has 16 amide bonds. The molecule has 0 bridgehead atoms. The van der Waals surface area contributed by atoms with Gasteiger partial charge in [0.1, 0.15) is 37.2 Å². The van der Waals surface area contributed by atoms with E-state index < -0.39 is 223 Å². The topological polar surface area (TPSA) is 515 Å². The molecule has 3 aromatic carbocycles. The van der Waals surface area contributed by atoms with Gasteiger partial charge < -0.3 is 100 Å². The van der Waals surface area contributed by atoms with E-state index in [9.17, 15) is 99.8 Å². The van der Waals surface area contributed by atoms with Gasteiger partial charge in [-0.25, -0.2) is 32.4 Å². The van der Waals surface area contributed by atoms with Crippen molar-refractivity contribution in [3.63, 3.8) is 0 Å². The smallest absolute Gasteiger partial charge is 0.407 e. The van der Waals surface area contributed by atoms with E-state index in [2.05, 4.69) is 36.9 Å². The second-order valence-electron chi connectivity index (χ2n) is 33.0. The number of ether oxygens (including phenoxy) is 2. The maximum Gasteiger partial charge on any atom is 0.407 e. The van der Waals surface area contributed by atoms with Gasteiger partial charge in [-0.15, -0.1) is 11.3 Å². The van der Waals surface area contributed by atoms with Gasteiger partial charge in [0, 0.05) is 124 Å². The van der Waals surface area contributed by atoms with Crippen LogP contribution in [-0.4, -0.2) is 338 Å². The van der Waals surface area contributed by atoms with Gasteiger partial charge in [0.05, 0.1) is 111 Å². The highest BCUT2D eigenvalue weighted by atomic mass is 32.2. The number of fused-ring (bicyclic) bond motifs is 6. The molecule has 5 atom stereocenters. The van der Waals surface area contributed by atoms with Crippen LogP contribution in [0.4, 0.5) is 20.6 Å². The second kappa shape index (κ2) is 42.2. The summed E-state index contributed by atoms with van der Waals surface area (Å²) in [4.78, 5) is 259. The van der Waals surface area contributed by atoms with E-state index in [1.54, 1.807) is 45.9 Å². The number of rotatable bonds is 37. The number of benzene rings is 3. The molecule has 2 aliphatic heterocycles. The number of aromatic nitrogens is 3. The fourth-order valence-electron chi connectivity index (χ4n) is 14.3. The Balaban J connectivity index is 0.728. The molecule has 42 nitrogen and oxygen atoms in total. The zero-order chi connectivity index (χ0) is 96.3. The first kappa shape index (κ1) is 100. The number of carbonyl (C=O) groups is 17. The van der Waals surface area contributed by atoms with Crippen LogP contribution in [0.15, 0.2) is 63.7 Å². The fraction of sp³-hybridized carbons (Fsp3) is 0.482. The molecule has 6 aromatic rings. The van der Waals surface area contributed by atoms with Crippen molar-refractivity contribution < 1.29 is 109 Å². The largest absolute Gasteiger partial charge is 0.458 e. The summed E-state index contributed by atoms with van der Waals surface area (Å²) in [5.74, 6) is -12.4. The lowest BCUT2D eigenvalue weighted by atomic mass is 9.81. The van der Waals surface area contributed by atoms with Crippen molar-refractivity contribution in [2.75, 3.05) is 153 Å². The van der Waals surface area contributed by atoms with E-state index in [-0.39, 0.29) is 71.0 Å². The van der Waals surface area contributed by atoms with Gasteiger partial charge in [-0.2, -0.15) is 0 Å². The van der Waals surface area contributed by atoms with E-state index in [4.69, 9.17) is 14.5 Å². The fourth-order valence-corrected chi connectivity index (χ4v) is 16.2. The van der Waals surface area contributed by atoms with Crippen molar-refractivity contribution in [2.24, 2.45) is 5.92 Å². The van der Waals surface area contributed by atoms with E-state index in [0.29, 0.717) is 67.6 Å². The van der Waals surface area contributed by atoms with E-state index in [1.165, 1.54) is 130 Å². The van der Waals surface area contributed by atoms with Crippen LogP contribution in [0.5, 0.6) is 0 Å². The van der Waals surface area contributed by atoms with Gasteiger partial charge in [0.2, 0.25) is 103 Å². The molecule has 0 saturated heterocycles. The SMILES string of the molecule is CC[C@@]1(O)C(=O)OCc2c1cc1n(c2=O)Cc2c-1nc1cc(F)c(C)c3c1c2[C@@H](NC(=O)OCc1ccc(NC(=O)[C@H](C)NC(=O)[C@@H](NC(=O)CC[C@@H](NC(=O)CN(C)C(=O)CN(C)C(=O)CN(C)C(=O)CN(C)C(=O)CN(C)C(=O)CN(C)C(=O)CN(C)C(=O)CN(C)C(=O)CN(C)C(=O)CN(C)C(C)=O)C(=O)Nc2ccc4nc(S(C)(=O)=O)sc4c2)C(C)C)cc1)CC3. The molecule has 0 saturated carbocycles. The van der Waals surface area contributed by atoms with Crippen molar-refractivity contribution >= 4 is 154 Å². The summed E-state index contributed by atoms with van der Waals surface area (Å²) >= 11 is 0.838. The van der Waals surface area contributed by atoms with Crippen LogP contribution >= 0.6 is 11.3 Å². The number of alkyl carbamates (subject to hydrolysis) is 1. The zero-order valence-corrected chi connectivity index (χ0v) is 76.9. The summed E-state index contributed by atoms with van der Waals surface area (Å²) in [6.07, 6.45) is -0.121. The Labute approximate surface area is 751 Å². The van der Waals surface area contributed by atoms with Crippen molar-refractivity contribution in [1.29, 1.82) is 0 Å². The van der Waals surface area contributed by atoms with Gasteiger partial charge in [-0.05, 0) is 104 Å². The number of hydrogen-bond donors (Lipinski definition) is 7. The number of thiazole rings is 1. The summed E-state index contributed by atoms with van der Waals surface area (Å²) in [6, 6.07) is 8.77. The minimum absolute atomic E-state index is 0.0197. The third-order valence-electron chi connectivity index (χ3n) is 22.6. The number of carbonyl (C=O) groups excluding carboxylic acids is 17. The van der Waals surface area contributed by atoms with Gasteiger partial charge in [0.25, 0.3) is 5.56 Å². The lowest BCUT2D eigenvalue weighted by Crippen LogP contribution is -2.54. The van der Waals surface area contributed by atoms with Crippen molar-refractivity contribution in [3.05, 3.63) is 110 Å². The second-order valence-corrected chi connectivity index (χ2v) is 36.3. The monoisotopic (exact) mass is 1850 g/mol. The Morgan fingerprint density at radius 1 is 0.600 bits per heavy atom. The number of anilines is 2. The molecule has 0 spiro atoms. The van der Waals surface area contributed by atoms with Crippen LogP contribution in [0, 0.1) is 18.7 Å². The number of aliphatic hydroxyl groups is 1. The quantitative estimate of drug-likeness (QED) is 0.0242. The summed E-state index contributed by atoms with van der Waals surface area (Å²) in [6.45, 7) is 3.45. The van der Waals surface area contributed by atoms with Crippen LogP contribution in [0.1, 0.15) is 105 Å². The number of aryl methyl sites for hydroxylation is 1. The Morgan fingerprint density at radius 3 is 1.57 bits per heavy atom. The third-order valence-corrected chi connectivity index (χ3v) is 25.3. The molecule has 0 unspecified atom stereocenters. The Morgan fingerprint density at radius 2 is 1.08 bits per heavy atom. The average molecular weight is 1850 g/mol. The third kappa shape index (κ3) is 24.3. The maximum atomic E-state index is 15.6. The van der Waals surface area contributed by atoms with Gasteiger partial charge >= 0.3 is 12.1 Å². The predicted octanol–water partition coefficient (Wildman–Crippen LogP) is -0.454. The molecule has 9 rings (SSSR count). The van der Waals surface area contributed by atoms with Crippen LogP contribution < -0.4 is 37.5 Å². The molecule has 700 valence electrons. The summed E-state index contributed by atoms with van der Waals surface area (Å²) in [5.41, 5.74) is 2.12. The van der Waals surface area contributed by atoms with Crippen LogP contribution in [-0.2, 0) is 128 Å². The molecular formula is C85H108FN19O23S2. The molecule has 130 heavy (non-hydrogen) atoms. The number of cyclic esters (lactones) is 1. The molecule has 45 heteroatoms. The first-order valence-corrected chi connectivity index (χ1v) is 43.9. The molecule has 7 N–H and O–H groups in total. The molecule has 0 fully saturated rings.